The van der Waals surface area contributed by atoms with Crippen molar-refractivity contribution in [2.75, 3.05) is 60.7 Å². The van der Waals surface area contributed by atoms with Crippen molar-refractivity contribution in [2.45, 2.75) is 38.7 Å². The number of nitrogens with zero attached hydrogens (tertiary/aromatic N) is 1. The van der Waals surface area contributed by atoms with Crippen LogP contribution in [-0.2, 0) is 28.1 Å². The Kier molecular flexibility index (Phi) is 15.6. The number of alkyl carbamates (subject to hydrolysis) is 1. The molecular weight excluding hydrogens is 465 g/mol. The highest BCUT2D eigenvalue weighted by atomic mass is 32.2. The van der Waals surface area contributed by atoms with E-state index in [9.17, 15) is 18.0 Å². The smallest absolute Gasteiger partial charge is 0.500 e. The van der Waals surface area contributed by atoms with Gasteiger partial charge in [0.1, 0.15) is 13.2 Å². The van der Waals surface area contributed by atoms with Crippen LogP contribution in [0.25, 0.3) is 0 Å². The summed E-state index contributed by atoms with van der Waals surface area (Å²) in [5.74, 6) is 0. The van der Waals surface area contributed by atoms with Gasteiger partial charge in [0.05, 0.1) is 21.1 Å². The first kappa shape index (κ1) is 32.2. The number of carbonyl (C=O) groups excluding carboxylic acids is 1. The van der Waals surface area contributed by atoms with Gasteiger partial charge in [0.25, 0.3) is 0 Å². The molecule has 0 aromatic carbocycles. The van der Waals surface area contributed by atoms with Gasteiger partial charge in [-0.1, -0.05) is 0 Å². The minimum atomic E-state index is -6.09. The third kappa shape index (κ3) is 17.3. The lowest BCUT2D eigenvalue weighted by Crippen LogP contribution is -2.46. The van der Waals surface area contributed by atoms with E-state index in [0.717, 1.165) is 17.4 Å². The van der Waals surface area contributed by atoms with Gasteiger partial charge in [-0.15, -0.1) is 0 Å². The van der Waals surface area contributed by atoms with Crippen molar-refractivity contribution in [1.82, 2.24) is 5.32 Å². The van der Waals surface area contributed by atoms with E-state index in [2.05, 4.69) is 26.5 Å². The summed E-state index contributed by atoms with van der Waals surface area (Å²) < 4.78 is 82.1. The first-order chi connectivity index (χ1) is 14.0. The number of halogens is 3. The molecule has 0 aliphatic heterocycles. The van der Waals surface area contributed by atoms with Gasteiger partial charge in [0, 0.05) is 32.4 Å². The SMILES string of the molecule is CCO[Si](CCCNC(=O)OCC[N+](C)(C)C)(OCC)OCC.O=S(=O)([O-])C(F)(F)F. The van der Waals surface area contributed by atoms with Gasteiger partial charge in [-0.25, -0.2) is 13.2 Å². The van der Waals surface area contributed by atoms with E-state index in [-0.39, 0.29) is 6.09 Å². The number of nitrogens with one attached hydrogen (secondary N) is 1. The predicted molar refractivity (Wildman–Crippen MR) is 108 cm³/mol. The van der Waals surface area contributed by atoms with E-state index >= 15 is 0 Å². The lowest BCUT2D eigenvalue weighted by atomic mass is 10.5. The number of quaternary nitrogens is 1. The van der Waals surface area contributed by atoms with Gasteiger partial charge in [0.2, 0.25) is 0 Å². The Hall–Kier alpha value is -0.973. The zero-order valence-electron chi connectivity index (χ0n) is 18.9. The Morgan fingerprint density at radius 2 is 1.45 bits per heavy atom. The second kappa shape index (κ2) is 15.0. The van der Waals surface area contributed by atoms with Crippen LogP contribution < -0.4 is 5.32 Å². The van der Waals surface area contributed by atoms with Crippen LogP contribution in [-0.4, -0.2) is 98.5 Å². The first-order valence-electron chi connectivity index (χ1n) is 9.68. The van der Waals surface area contributed by atoms with Crippen LogP contribution in [0.4, 0.5) is 18.0 Å². The predicted octanol–water partition coefficient (Wildman–Crippen LogP) is 1.91. The highest BCUT2D eigenvalue weighted by Crippen LogP contribution is 2.20. The molecule has 0 aliphatic rings. The summed E-state index contributed by atoms with van der Waals surface area (Å²) in [6.07, 6.45) is 0.353. The van der Waals surface area contributed by atoms with Crippen molar-refractivity contribution in [3.63, 3.8) is 0 Å². The Morgan fingerprint density at radius 1 is 1.03 bits per heavy atom. The minimum absolute atomic E-state index is 0.380. The molecule has 0 saturated heterocycles. The molecule has 1 N–H and O–H groups in total. The maximum atomic E-state index is 11.6. The number of ether oxygens (including phenoxy) is 1. The highest BCUT2D eigenvalue weighted by molar-refractivity contribution is 7.86. The molecule has 0 radical (unpaired) electrons. The van der Waals surface area contributed by atoms with Gasteiger partial charge in [-0.3, -0.25) is 0 Å². The number of hydrogen-bond acceptors (Lipinski definition) is 8. The van der Waals surface area contributed by atoms with Crippen molar-refractivity contribution in [2.24, 2.45) is 0 Å². The molecule has 10 nitrogen and oxygen atoms in total. The van der Waals surface area contributed by atoms with Crippen LogP contribution in [0.5, 0.6) is 0 Å². The van der Waals surface area contributed by atoms with Crippen LogP contribution in [0.15, 0.2) is 0 Å². The average Bonchev–Trinajstić information content (AvgIpc) is 2.57. The number of hydrogen-bond donors (Lipinski definition) is 1. The second-order valence-electron chi connectivity index (χ2n) is 7.06. The molecule has 0 spiro atoms. The molecule has 0 heterocycles. The van der Waals surface area contributed by atoms with E-state index in [4.69, 9.17) is 31.0 Å². The summed E-state index contributed by atoms with van der Waals surface area (Å²) in [5.41, 5.74) is -5.65. The fourth-order valence-electron chi connectivity index (χ4n) is 1.96. The molecule has 0 fully saturated rings. The summed E-state index contributed by atoms with van der Waals surface area (Å²) >= 11 is 0. The topological polar surface area (TPSA) is 123 Å². The third-order valence-corrected chi connectivity index (χ3v) is 7.02. The second-order valence-corrected chi connectivity index (χ2v) is 11.2. The normalized spacial score (nSPS) is 12.7. The van der Waals surface area contributed by atoms with E-state index in [1.54, 1.807) is 0 Å². The molecule has 0 aromatic rings. The molecular formula is C16H35F3N2O8SSi. The molecule has 31 heavy (non-hydrogen) atoms. The zero-order valence-corrected chi connectivity index (χ0v) is 20.7. The number of rotatable bonds is 13. The molecule has 0 unspecified atom stereocenters. The number of likely N-dealkylation sites (N-methyl/N-ethyl adjacent to an activating group) is 1. The number of amides is 1. The Labute approximate surface area is 183 Å². The Bertz CT molecular complexity index is 584. The molecule has 0 atom stereocenters. The molecule has 0 bridgehead atoms. The average molecular weight is 501 g/mol. The fourth-order valence-corrected chi connectivity index (χ4v) is 4.57. The molecule has 0 rings (SSSR count). The molecule has 0 saturated carbocycles. The van der Waals surface area contributed by atoms with Crippen LogP contribution in [0.3, 0.4) is 0 Å². The summed E-state index contributed by atoms with van der Waals surface area (Å²) in [6, 6.07) is 0.682. The highest BCUT2D eigenvalue weighted by Gasteiger charge is 2.39. The van der Waals surface area contributed by atoms with Gasteiger partial charge in [-0.2, -0.15) is 13.2 Å². The zero-order chi connectivity index (χ0) is 24.8. The molecule has 15 heteroatoms. The van der Waals surface area contributed by atoms with E-state index in [0.29, 0.717) is 39.0 Å². The van der Waals surface area contributed by atoms with Gasteiger partial charge >= 0.3 is 20.4 Å². The van der Waals surface area contributed by atoms with Crippen LogP contribution in [0.2, 0.25) is 6.04 Å². The molecule has 1 amide bonds. The van der Waals surface area contributed by atoms with Crippen molar-refractivity contribution < 1.29 is 53.4 Å². The number of carbonyl (C=O) groups is 1. The Morgan fingerprint density at radius 3 is 1.77 bits per heavy atom. The van der Waals surface area contributed by atoms with Gasteiger partial charge in [-0.05, 0) is 27.2 Å². The summed E-state index contributed by atoms with van der Waals surface area (Å²) in [5, 5.41) is 2.76. The summed E-state index contributed by atoms with van der Waals surface area (Å²) in [6.45, 7) is 9.19. The molecule has 188 valence electrons. The molecule has 0 aliphatic carbocycles. The van der Waals surface area contributed by atoms with Crippen molar-refractivity contribution in [3.05, 3.63) is 0 Å². The van der Waals surface area contributed by atoms with Gasteiger partial charge < -0.3 is 32.4 Å². The first-order valence-corrected chi connectivity index (χ1v) is 13.0. The van der Waals surface area contributed by atoms with Crippen molar-refractivity contribution >= 4 is 25.0 Å². The maximum Gasteiger partial charge on any atom is 0.500 e. The van der Waals surface area contributed by atoms with E-state index in [1.807, 2.05) is 20.8 Å². The van der Waals surface area contributed by atoms with Crippen LogP contribution in [0.1, 0.15) is 27.2 Å². The quantitative estimate of drug-likeness (QED) is 0.134. The van der Waals surface area contributed by atoms with E-state index < -0.39 is 24.4 Å². The number of alkyl halides is 3. The Balaban J connectivity index is 0. The van der Waals surface area contributed by atoms with Gasteiger partial charge in [0.15, 0.2) is 10.1 Å². The fraction of sp³-hybridized carbons (Fsp3) is 0.938. The van der Waals surface area contributed by atoms with Crippen LogP contribution in [0, 0.1) is 0 Å². The minimum Gasteiger partial charge on any atom is -0.741 e. The lowest BCUT2D eigenvalue weighted by Gasteiger charge is -2.28. The lowest BCUT2D eigenvalue weighted by molar-refractivity contribution is -0.870. The van der Waals surface area contributed by atoms with Crippen molar-refractivity contribution in [3.8, 4) is 0 Å². The molecule has 0 aromatic heterocycles. The standard InChI is InChI=1S/C15H34N2O5Si.CHF3O3S/c1-7-20-23(21-8-2,22-9-3)14-10-11-16-15(18)19-13-12-17(4,5)6;2-1(3,4)8(5,6)7/h7-14H2,1-6H3;(H,5,6,7). The summed E-state index contributed by atoms with van der Waals surface area (Å²) in [7, 11) is -2.53. The van der Waals surface area contributed by atoms with E-state index in [1.165, 1.54) is 0 Å². The maximum absolute atomic E-state index is 11.6. The van der Waals surface area contributed by atoms with Crippen LogP contribution >= 0.6 is 0 Å². The largest absolute Gasteiger partial charge is 0.741 e. The van der Waals surface area contributed by atoms with Crippen molar-refractivity contribution in [1.29, 1.82) is 0 Å². The monoisotopic (exact) mass is 500 g/mol. The summed E-state index contributed by atoms with van der Waals surface area (Å²) in [4.78, 5) is 11.6. The third-order valence-electron chi connectivity index (χ3n) is 3.30.